The van der Waals surface area contributed by atoms with Gasteiger partial charge < -0.3 is 5.11 Å². The van der Waals surface area contributed by atoms with E-state index in [9.17, 15) is 13.6 Å². The van der Waals surface area contributed by atoms with E-state index < -0.39 is 23.5 Å². The van der Waals surface area contributed by atoms with E-state index in [0.29, 0.717) is 12.0 Å². The molecule has 1 aromatic carbocycles. The lowest BCUT2D eigenvalue weighted by atomic mass is 9.98. The molecular weight excluding hydrogens is 214 g/mol. The number of halogens is 2. The highest BCUT2D eigenvalue weighted by Gasteiger charge is 2.17. The number of carbonyl (C=O) groups is 1. The maximum Gasteiger partial charge on any atom is 0.306 e. The van der Waals surface area contributed by atoms with Gasteiger partial charge in [-0.1, -0.05) is 19.9 Å². The van der Waals surface area contributed by atoms with Gasteiger partial charge in [0.05, 0.1) is 5.92 Å². The Labute approximate surface area is 92.9 Å². The Hall–Kier alpha value is -1.45. The van der Waals surface area contributed by atoms with E-state index in [4.69, 9.17) is 5.11 Å². The molecule has 0 saturated heterocycles. The van der Waals surface area contributed by atoms with Crippen LogP contribution in [0, 0.1) is 17.6 Å². The molecule has 0 aliphatic heterocycles. The first-order chi connectivity index (χ1) is 7.45. The second-order valence-corrected chi connectivity index (χ2v) is 3.85. The molecule has 0 bridgehead atoms. The molecule has 1 aromatic rings. The molecule has 0 aromatic heterocycles. The lowest BCUT2D eigenvalue weighted by Gasteiger charge is -2.09. The molecule has 0 aliphatic rings. The van der Waals surface area contributed by atoms with Crippen molar-refractivity contribution in [3.63, 3.8) is 0 Å². The van der Waals surface area contributed by atoms with Crippen LogP contribution < -0.4 is 0 Å². The minimum atomic E-state index is -1.01. The molecule has 1 atom stereocenters. The van der Waals surface area contributed by atoms with E-state index in [1.165, 1.54) is 13.0 Å². The first-order valence-corrected chi connectivity index (χ1v) is 5.15. The maximum absolute atomic E-state index is 13.4. The van der Waals surface area contributed by atoms with Crippen LogP contribution in [0.5, 0.6) is 0 Å². The maximum atomic E-state index is 13.4. The summed E-state index contributed by atoms with van der Waals surface area (Å²) in [5, 5.41) is 8.71. The van der Waals surface area contributed by atoms with Crippen molar-refractivity contribution in [1.82, 2.24) is 0 Å². The molecule has 1 N–H and O–H groups in total. The summed E-state index contributed by atoms with van der Waals surface area (Å²) in [6.45, 7) is 3.30. The number of hydrogen-bond donors (Lipinski definition) is 1. The molecule has 2 nitrogen and oxygen atoms in total. The van der Waals surface area contributed by atoms with Crippen molar-refractivity contribution >= 4 is 5.97 Å². The number of aliphatic carboxylic acids is 1. The van der Waals surface area contributed by atoms with Crippen LogP contribution in [0.4, 0.5) is 8.78 Å². The summed E-state index contributed by atoms with van der Waals surface area (Å²) < 4.78 is 26.5. The molecule has 0 aliphatic carbocycles. The Morgan fingerprint density at radius 2 is 2.06 bits per heavy atom. The predicted molar refractivity (Wildman–Crippen MR) is 56.2 cm³/mol. The summed E-state index contributed by atoms with van der Waals surface area (Å²) in [5.41, 5.74) is 0.804. The van der Waals surface area contributed by atoms with Gasteiger partial charge in [0.1, 0.15) is 0 Å². The third-order valence-electron chi connectivity index (χ3n) is 2.52. The number of hydrogen-bond acceptors (Lipinski definition) is 1. The van der Waals surface area contributed by atoms with Crippen LogP contribution in [-0.2, 0) is 17.6 Å². The summed E-state index contributed by atoms with van der Waals surface area (Å²) in [6, 6.07) is 2.67. The molecule has 0 amide bonds. The van der Waals surface area contributed by atoms with Gasteiger partial charge in [-0.15, -0.1) is 0 Å². The first-order valence-electron chi connectivity index (χ1n) is 5.15. The fourth-order valence-corrected chi connectivity index (χ4v) is 1.48. The second kappa shape index (κ2) is 5.05. The molecule has 4 heteroatoms. The van der Waals surface area contributed by atoms with Gasteiger partial charge in [0, 0.05) is 0 Å². The van der Waals surface area contributed by atoms with Gasteiger partial charge in [0.2, 0.25) is 0 Å². The molecule has 88 valence electrons. The number of rotatable bonds is 4. The van der Waals surface area contributed by atoms with Crippen LogP contribution in [-0.4, -0.2) is 11.1 Å². The minimum Gasteiger partial charge on any atom is -0.481 e. The van der Waals surface area contributed by atoms with E-state index >= 15 is 0 Å². The highest BCUT2D eigenvalue weighted by Crippen LogP contribution is 2.19. The summed E-state index contributed by atoms with van der Waals surface area (Å²) >= 11 is 0. The Kier molecular flexibility index (Phi) is 3.99. The molecule has 16 heavy (non-hydrogen) atoms. The van der Waals surface area contributed by atoms with Gasteiger partial charge >= 0.3 is 5.97 Å². The van der Waals surface area contributed by atoms with E-state index in [0.717, 1.165) is 6.07 Å². The lowest BCUT2D eigenvalue weighted by molar-refractivity contribution is -0.141. The molecule has 0 fully saturated rings. The standard InChI is InChI=1S/C12H14F2O2/c1-3-8-5-9(4-7(2)12(15)16)11(14)10(13)6-8/h5-7H,3-4H2,1-2H3,(H,15,16). The van der Waals surface area contributed by atoms with Gasteiger partial charge in [-0.3, -0.25) is 4.79 Å². The van der Waals surface area contributed by atoms with Crippen molar-refractivity contribution in [2.45, 2.75) is 26.7 Å². The zero-order valence-electron chi connectivity index (χ0n) is 9.26. The number of benzene rings is 1. The van der Waals surface area contributed by atoms with Gasteiger partial charge in [0.15, 0.2) is 11.6 Å². The second-order valence-electron chi connectivity index (χ2n) is 3.85. The Balaban J connectivity index is 3.03. The van der Waals surface area contributed by atoms with Crippen LogP contribution in [0.2, 0.25) is 0 Å². The van der Waals surface area contributed by atoms with Crippen LogP contribution in [0.3, 0.4) is 0 Å². The highest BCUT2D eigenvalue weighted by atomic mass is 19.2. The van der Waals surface area contributed by atoms with E-state index in [1.54, 1.807) is 0 Å². The quantitative estimate of drug-likeness (QED) is 0.860. The van der Waals surface area contributed by atoms with Crippen molar-refractivity contribution in [1.29, 1.82) is 0 Å². The summed E-state index contributed by atoms with van der Waals surface area (Å²) in [4.78, 5) is 10.6. The molecular formula is C12H14F2O2. The fourth-order valence-electron chi connectivity index (χ4n) is 1.48. The topological polar surface area (TPSA) is 37.3 Å². The smallest absolute Gasteiger partial charge is 0.306 e. The van der Waals surface area contributed by atoms with Crippen LogP contribution >= 0.6 is 0 Å². The zero-order chi connectivity index (χ0) is 12.3. The first kappa shape index (κ1) is 12.6. The predicted octanol–water partition coefficient (Wildman–Crippen LogP) is 2.79. The van der Waals surface area contributed by atoms with Crippen molar-refractivity contribution in [3.05, 3.63) is 34.9 Å². The molecule has 1 rings (SSSR count). The van der Waals surface area contributed by atoms with Crippen LogP contribution in [0.1, 0.15) is 25.0 Å². The van der Waals surface area contributed by atoms with Crippen LogP contribution in [0.25, 0.3) is 0 Å². The van der Waals surface area contributed by atoms with Crippen molar-refractivity contribution in [2.75, 3.05) is 0 Å². The Morgan fingerprint density at radius 1 is 1.44 bits per heavy atom. The number of aryl methyl sites for hydroxylation is 1. The number of carboxylic acids is 1. The molecule has 0 spiro atoms. The molecule has 0 heterocycles. The van der Waals surface area contributed by atoms with E-state index in [2.05, 4.69) is 0 Å². The molecule has 1 unspecified atom stereocenters. The largest absolute Gasteiger partial charge is 0.481 e. The fraction of sp³-hybridized carbons (Fsp3) is 0.417. The van der Waals surface area contributed by atoms with Crippen molar-refractivity contribution in [2.24, 2.45) is 5.92 Å². The van der Waals surface area contributed by atoms with Gasteiger partial charge in [-0.05, 0) is 30.0 Å². The number of carboxylic acid groups (broad SMARTS) is 1. The summed E-state index contributed by atoms with van der Waals surface area (Å²) in [6.07, 6.45) is 0.595. The van der Waals surface area contributed by atoms with E-state index in [-0.39, 0.29) is 12.0 Å². The Morgan fingerprint density at radius 3 is 2.56 bits per heavy atom. The van der Waals surface area contributed by atoms with Crippen molar-refractivity contribution in [3.8, 4) is 0 Å². The average molecular weight is 228 g/mol. The third-order valence-corrected chi connectivity index (χ3v) is 2.52. The normalized spacial score (nSPS) is 12.5. The highest BCUT2D eigenvalue weighted by molar-refractivity contribution is 5.69. The molecule has 0 radical (unpaired) electrons. The SMILES string of the molecule is CCc1cc(F)c(F)c(CC(C)C(=O)O)c1. The Bertz CT molecular complexity index is 402. The van der Waals surface area contributed by atoms with Gasteiger partial charge in [-0.25, -0.2) is 8.78 Å². The minimum absolute atomic E-state index is 0.00588. The molecule has 0 saturated carbocycles. The van der Waals surface area contributed by atoms with Crippen molar-refractivity contribution < 1.29 is 18.7 Å². The van der Waals surface area contributed by atoms with E-state index in [1.807, 2.05) is 6.92 Å². The zero-order valence-corrected chi connectivity index (χ0v) is 9.26. The third kappa shape index (κ3) is 2.78. The summed E-state index contributed by atoms with van der Waals surface area (Å²) in [7, 11) is 0. The van der Waals surface area contributed by atoms with Gasteiger partial charge in [-0.2, -0.15) is 0 Å². The monoisotopic (exact) mass is 228 g/mol. The van der Waals surface area contributed by atoms with Crippen LogP contribution in [0.15, 0.2) is 12.1 Å². The average Bonchev–Trinajstić information content (AvgIpc) is 2.24. The van der Waals surface area contributed by atoms with Gasteiger partial charge in [0.25, 0.3) is 0 Å². The lowest BCUT2D eigenvalue weighted by Crippen LogP contribution is -2.13. The summed E-state index contributed by atoms with van der Waals surface area (Å²) in [5.74, 6) is -3.58.